The number of hydrogen-bond donors (Lipinski definition) is 1. The van der Waals surface area contributed by atoms with E-state index in [1.807, 2.05) is 24.9 Å². The van der Waals surface area contributed by atoms with Gasteiger partial charge in [-0.3, -0.25) is 9.48 Å². The van der Waals surface area contributed by atoms with Gasteiger partial charge >= 0.3 is 0 Å². The number of thiophene rings is 1. The van der Waals surface area contributed by atoms with Gasteiger partial charge in [-0.15, -0.1) is 0 Å². The first kappa shape index (κ1) is 12.2. The lowest BCUT2D eigenvalue weighted by atomic mass is 9.91. The quantitative estimate of drug-likeness (QED) is 0.929. The summed E-state index contributed by atoms with van der Waals surface area (Å²) in [4.78, 5) is 12.2. The van der Waals surface area contributed by atoms with E-state index in [1.54, 1.807) is 0 Å². The van der Waals surface area contributed by atoms with Crippen molar-refractivity contribution in [2.24, 2.45) is 12.8 Å². The van der Waals surface area contributed by atoms with Gasteiger partial charge in [-0.05, 0) is 30.9 Å². The Kier molecular flexibility index (Phi) is 2.82. The van der Waals surface area contributed by atoms with Crippen LogP contribution in [0.3, 0.4) is 0 Å². The van der Waals surface area contributed by atoms with E-state index < -0.39 is 0 Å². The van der Waals surface area contributed by atoms with Crippen LogP contribution in [0.5, 0.6) is 5.06 Å². The lowest BCUT2D eigenvalue weighted by molar-refractivity contribution is 0.100. The molecular formula is C13H15N3O2S. The number of aryl methyl sites for hydroxylation is 2. The first-order valence-corrected chi connectivity index (χ1v) is 7.04. The summed E-state index contributed by atoms with van der Waals surface area (Å²) in [5, 5.41) is 5.08. The van der Waals surface area contributed by atoms with E-state index in [9.17, 15) is 4.79 Å². The summed E-state index contributed by atoms with van der Waals surface area (Å²) in [6.07, 6.45) is 3.59. The highest BCUT2D eigenvalue weighted by molar-refractivity contribution is 7.16. The fourth-order valence-electron chi connectivity index (χ4n) is 2.60. The predicted molar refractivity (Wildman–Crippen MR) is 73.6 cm³/mol. The van der Waals surface area contributed by atoms with Crippen molar-refractivity contribution in [2.45, 2.75) is 19.8 Å². The molecule has 100 valence electrons. The summed E-state index contributed by atoms with van der Waals surface area (Å²) in [5.74, 6) is -0.377. The van der Waals surface area contributed by atoms with Crippen LogP contribution in [0.15, 0.2) is 6.20 Å². The van der Waals surface area contributed by atoms with E-state index in [2.05, 4.69) is 5.10 Å². The Hall–Kier alpha value is -1.82. The second kappa shape index (κ2) is 4.38. The Morgan fingerprint density at radius 3 is 3.05 bits per heavy atom. The van der Waals surface area contributed by atoms with Crippen molar-refractivity contribution >= 4 is 17.2 Å². The van der Waals surface area contributed by atoms with Crippen molar-refractivity contribution in [1.82, 2.24) is 9.78 Å². The average Bonchev–Trinajstić information content (AvgIpc) is 2.92. The lowest BCUT2D eigenvalue weighted by Gasteiger charge is -2.15. The number of aromatic nitrogens is 2. The molecule has 0 saturated heterocycles. The normalized spacial score (nSPS) is 12.9. The smallest absolute Gasteiger partial charge is 0.259 e. The van der Waals surface area contributed by atoms with Crippen LogP contribution in [0.1, 0.15) is 27.7 Å². The highest BCUT2D eigenvalue weighted by Crippen LogP contribution is 2.46. The first-order valence-electron chi connectivity index (χ1n) is 6.23. The molecule has 1 aliphatic rings. The van der Waals surface area contributed by atoms with Gasteiger partial charge in [0.05, 0.1) is 28.9 Å². The number of fused-ring (bicyclic) bond motifs is 3. The van der Waals surface area contributed by atoms with E-state index in [1.165, 1.54) is 16.9 Å². The number of hydrogen-bond acceptors (Lipinski definition) is 4. The number of nitrogens with zero attached hydrogens (tertiary/aromatic N) is 2. The third-order valence-electron chi connectivity index (χ3n) is 3.37. The molecule has 19 heavy (non-hydrogen) atoms. The standard InChI is InChI=1S/C13H15N3O2S/c1-3-18-13-9-8(11(19-13)12(14)17)5-4-7-6-15-16(2)10(7)9/h6H,3-5H2,1-2H3,(H2,14,17). The van der Waals surface area contributed by atoms with Gasteiger partial charge in [-0.25, -0.2) is 0 Å². The number of carbonyl (C=O) groups is 1. The molecule has 6 heteroatoms. The lowest BCUT2D eigenvalue weighted by Crippen LogP contribution is -2.13. The Labute approximate surface area is 115 Å². The van der Waals surface area contributed by atoms with Gasteiger partial charge in [0.2, 0.25) is 0 Å². The van der Waals surface area contributed by atoms with Gasteiger partial charge in [0.15, 0.2) is 5.06 Å². The minimum atomic E-state index is -0.377. The highest BCUT2D eigenvalue weighted by Gasteiger charge is 2.30. The molecule has 1 amide bonds. The van der Waals surface area contributed by atoms with E-state index >= 15 is 0 Å². The summed E-state index contributed by atoms with van der Waals surface area (Å²) in [6.45, 7) is 2.50. The summed E-state index contributed by atoms with van der Waals surface area (Å²) in [5.41, 5.74) is 9.74. The van der Waals surface area contributed by atoms with E-state index in [4.69, 9.17) is 10.5 Å². The number of ether oxygens (including phenoxy) is 1. The molecule has 0 radical (unpaired) electrons. The molecule has 5 nitrogen and oxygen atoms in total. The maximum Gasteiger partial charge on any atom is 0.259 e. The van der Waals surface area contributed by atoms with Gasteiger partial charge in [0.1, 0.15) is 0 Å². The Balaban J connectivity index is 2.27. The van der Waals surface area contributed by atoms with Crippen molar-refractivity contribution < 1.29 is 9.53 Å². The average molecular weight is 277 g/mol. The molecule has 0 atom stereocenters. The molecule has 0 fully saturated rings. The number of amides is 1. The molecule has 0 saturated carbocycles. The number of rotatable bonds is 3. The van der Waals surface area contributed by atoms with Crippen LogP contribution in [-0.4, -0.2) is 22.3 Å². The zero-order chi connectivity index (χ0) is 13.6. The minimum absolute atomic E-state index is 0.377. The molecule has 2 aromatic rings. The van der Waals surface area contributed by atoms with Crippen molar-refractivity contribution in [2.75, 3.05) is 6.61 Å². The van der Waals surface area contributed by atoms with Crippen molar-refractivity contribution in [3.8, 4) is 16.3 Å². The number of nitrogens with two attached hydrogens (primary N) is 1. The van der Waals surface area contributed by atoms with Crippen LogP contribution in [0.4, 0.5) is 0 Å². The highest BCUT2D eigenvalue weighted by atomic mass is 32.1. The molecule has 3 rings (SSSR count). The summed E-state index contributed by atoms with van der Waals surface area (Å²) < 4.78 is 7.53. The molecule has 0 unspecified atom stereocenters. The Morgan fingerprint density at radius 2 is 2.37 bits per heavy atom. The molecule has 2 heterocycles. The summed E-state index contributed by atoms with van der Waals surface area (Å²) >= 11 is 1.35. The third kappa shape index (κ3) is 1.74. The van der Waals surface area contributed by atoms with Crippen LogP contribution >= 0.6 is 11.3 Å². The van der Waals surface area contributed by atoms with Gasteiger partial charge in [0.25, 0.3) is 5.91 Å². The third-order valence-corrected chi connectivity index (χ3v) is 4.53. The zero-order valence-corrected chi connectivity index (χ0v) is 11.7. The van der Waals surface area contributed by atoms with Crippen molar-refractivity contribution in [3.63, 3.8) is 0 Å². The zero-order valence-electron chi connectivity index (χ0n) is 10.9. The first-order chi connectivity index (χ1) is 9.13. The summed E-state index contributed by atoms with van der Waals surface area (Å²) in [7, 11) is 1.91. The van der Waals surface area contributed by atoms with Gasteiger partial charge in [-0.2, -0.15) is 5.10 Å². The molecule has 0 aliphatic heterocycles. The number of primary amides is 1. The number of carbonyl (C=O) groups excluding carboxylic acids is 1. The molecule has 0 bridgehead atoms. The van der Waals surface area contributed by atoms with E-state index in [0.29, 0.717) is 11.5 Å². The molecular weight excluding hydrogens is 262 g/mol. The molecule has 0 aromatic carbocycles. The van der Waals surface area contributed by atoms with Crippen molar-refractivity contribution in [3.05, 3.63) is 22.2 Å². The van der Waals surface area contributed by atoms with Crippen LogP contribution < -0.4 is 10.5 Å². The summed E-state index contributed by atoms with van der Waals surface area (Å²) in [6, 6.07) is 0. The van der Waals surface area contributed by atoms with Gasteiger partial charge in [0, 0.05) is 7.05 Å². The van der Waals surface area contributed by atoms with Crippen LogP contribution in [0.2, 0.25) is 0 Å². The fraction of sp³-hybridized carbons (Fsp3) is 0.385. The van der Waals surface area contributed by atoms with E-state index in [-0.39, 0.29) is 5.91 Å². The fourth-order valence-corrected chi connectivity index (χ4v) is 3.71. The SMILES string of the molecule is CCOc1sc(C(N)=O)c2c1-c1c(cnn1C)CC2. The Bertz CT molecular complexity index is 657. The van der Waals surface area contributed by atoms with Crippen LogP contribution in [-0.2, 0) is 19.9 Å². The molecule has 0 spiro atoms. The maximum absolute atomic E-state index is 11.6. The topological polar surface area (TPSA) is 70.1 Å². The predicted octanol–water partition coefficient (Wildman–Crippen LogP) is 1.74. The van der Waals surface area contributed by atoms with Gasteiger partial charge in [-0.1, -0.05) is 11.3 Å². The molecule has 2 N–H and O–H groups in total. The van der Waals surface area contributed by atoms with E-state index in [0.717, 1.165) is 34.7 Å². The monoisotopic (exact) mass is 277 g/mol. The molecule has 2 aromatic heterocycles. The minimum Gasteiger partial charge on any atom is -0.484 e. The molecule has 1 aliphatic carbocycles. The second-order valence-corrected chi connectivity index (χ2v) is 5.49. The van der Waals surface area contributed by atoms with Crippen LogP contribution in [0.25, 0.3) is 11.3 Å². The Morgan fingerprint density at radius 1 is 1.58 bits per heavy atom. The van der Waals surface area contributed by atoms with Gasteiger partial charge < -0.3 is 10.5 Å². The second-order valence-electron chi connectivity index (χ2n) is 4.51. The van der Waals surface area contributed by atoms with Crippen LogP contribution in [0, 0.1) is 0 Å². The maximum atomic E-state index is 11.6. The largest absolute Gasteiger partial charge is 0.484 e. The van der Waals surface area contributed by atoms with Crippen molar-refractivity contribution in [1.29, 1.82) is 0 Å².